The van der Waals surface area contributed by atoms with Crippen molar-refractivity contribution in [3.05, 3.63) is 48.0 Å². The molecule has 3 nitrogen and oxygen atoms in total. The normalized spacial score (nSPS) is 12.9. The van der Waals surface area contributed by atoms with Crippen LogP contribution in [0.2, 0.25) is 0 Å². The van der Waals surface area contributed by atoms with Crippen molar-refractivity contribution in [3.63, 3.8) is 0 Å². The van der Waals surface area contributed by atoms with Gasteiger partial charge in [-0.25, -0.2) is 4.79 Å². The number of rotatable bonds is 5. The van der Waals surface area contributed by atoms with Crippen LogP contribution in [0, 0.1) is 0 Å². The highest BCUT2D eigenvalue weighted by Gasteiger charge is 2.06. The SMILES string of the molecule is O=C(O)C(O)C=CCCc1ccccc1. The van der Waals surface area contributed by atoms with E-state index in [0.29, 0.717) is 0 Å². The van der Waals surface area contributed by atoms with Crippen molar-refractivity contribution in [2.24, 2.45) is 0 Å². The minimum absolute atomic E-state index is 0.731. The molecule has 3 heteroatoms. The van der Waals surface area contributed by atoms with Gasteiger partial charge in [-0.2, -0.15) is 0 Å². The summed E-state index contributed by atoms with van der Waals surface area (Å²) in [5, 5.41) is 17.3. The van der Waals surface area contributed by atoms with Crippen LogP contribution in [0.5, 0.6) is 0 Å². The molecule has 0 aromatic heterocycles. The fourth-order valence-electron chi connectivity index (χ4n) is 1.20. The van der Waals surface area contributed by atoms with Gasteiger partial charge >= 0.3 is 5.97 Å². The standard InChI is InChI=1S/C12H14O3/c13-11(12(14)15)9-5-4-8-10-6-2-1-3-7-10/h1-3,5-7,9,11,13H,4,8H2,(H,14,15). The van der Waals surface area contributed by atoms with E-state index in [1.807, 2.05) is 30.3 Å². The van der Waals surface area contributed by atoms with Gasteiger partial charge in [0.15, 0.2) is 6.10 Å². The molecule has 0 aliphatic heterocycles. The number of allylic oxidation sites excluding steroid dienone is 1. The first-order valence-corrected chi connectivity index (χ1v) is 4.81. The van der Waals surface area contributed by atoms with E-state index in [0.717, 1.165) is 12.8 Å². The van der Waals surface area contributed by atoms with Crippen LogP contribution in [0.15, 0.2) is 42.5 Å². The number of carboxylic acids is 1. The molecule has 0 saturated heterocycles. The zero-order valence-corrected chi connectivity index (χ0v) is 8.34. The van der Waals surface area contributed by atoms with Crippen molar-refractivity contribution >= 4 is 5.97 Å². The molecular formula is C12H14O3. The predicted octanol–water partition coefficient (Wildman–Crippen LogP) is 1.62. The number of aliphatic carboxylic acids is 1. The second kappa shape index (κ2) is 5.98. The maximum Gasteiger partial charge on any atom is 0.336 e. The van der Waals surface area contributed by atoms with Crippen molar-refractivity contribution in [3.8, 4) is 0 Å². The Hall–Kier alpha value is -1.61. The Labute approximate surface area is 88.7 Å². The average molecular weight is 206 g/mol. The van der Waals surface area contributed by atoms with Crippen LogP contribution in [-0.4, -0.2) is 22.3 Å². The molecule has 80 valence electrons. The third-order valence-electron chi connectivity index (χ3n) is 2.01. The van der Waals surface area contributed by atoms with Crippen LogP contribution in [0.25, 0.3) is 0 Å². The van der Waals surface area contributed by atoms with E-state index in [1.165, 1.54) is 11.6 Å². The fourth-order valence-corrected chi connectivity index (χ4v) is 1.20. The fraction of sp³-hybridized carbons (Fsp3) is 0.250. The lowest BCUT2D eigenvalue weighted by Gasteiger charge is -1.98. The van der Waals surface area contributed by atoms with Crippen LogP contribution in [0.3, 0.4) is 0 Å². The Bertz CT molecular complexity index is 330. The summed E-state index contributed by atoms with van der Waals surface area (Å²) in [7, 11) is 0. The van der Waals surface area contributed by atoms with Crippen LogP contribution in [0.4, 0.5) is 0 Å². The van der Waals surface area contributed by atoms with Crippen LogP contribution < -0.4 is 0 Å². The minimum Gasteiger partial charge on any atom is -0.479 e. The summed E-state index contributed by atoms with van der Waals surface area (Å²) >= 11 is 0. The molecule has 15 heavy (non-hydrogen) atoms. The van der Waals surface area contributed by atoms with Crippen molar-refractivity contribution in [1.29, 1.82) is 0 Å². The Morgan fingerprint density at radius 1 is 1.33 bits per heavy atom. The van der Waals surface area contributed by atoms with Gasteiger partial charge in [0.2, 0.25) is 0 Å². The van der Waals surface area contributed by atoms with Gasteiger partial charge in [-0.05, 0) is 24.5 Å². The first-order valence-electron chi connectivity index (χ1n) is 4.81. The van der Waals surface area contributed by atoms with Gasteiger partial charge in [0, 0.05) is 0 Å². The zero-order valence-electron chi connectivity index (χ0n) is 8.34. The number of benzene rings is 1. The molecule has 0 bridgehead atoms. The third kappa shape index (κ3) is 4.42. The molecule has 1 atom stereocenters. The summed E-state index contributed by atoms with van der Waals surface area (Å²) in [5.74, 6) is -1.22. The molecule has 2 N–H and O–H groups in total. The molecule has 0 fully saturated rings. The van der Waals surface area contributed by atoms with E-state index in [9.17, 15) is 4.79 Å². The summed E-state index contributed by atoms with van der Waals surface area (Å²) in [6.07, 6.45) is 3.18. The van der Waals surface area contributed by atoms with E-state index >= 15 is 0 Å². The predicted molar refractivity (Wildman–Crippen MR) is 57.5 cm³/mol. The van der Waals surface area contributed by atoms with E-state index in [-0.39, 0.29) is 0 Å². The summed E-state index contributed by atoms with van der Waals surface area (Å²) in [6, 6.07) is 9.91. The monoisotopic (exact) mass is 206 g/mol. The highest BCUT2D eigenvalue weighted by Crippen LogP contribution is 2.03. The lowest BCUT2D eigenvalue weighted by atomic mass is 10.1. The summed E-state index contributed by atoms with van der Waals surface area (Å²) < 4.78 is 0. The molecule has 0 heterocycles. The van der Waals surface area contributed by atoms with Gasteiger partial charge < -0.3 is 10.2 Å². The Kier molecular flexibility index (Phi) is 4.57. The number of aliphatic hydroxyl groups is 1. The maximum atomic E-state index is 10.3. The second-order valence-electron chi connectivity index (χ2n) is 3.24. The molecule has 1 aromatic carbocycles. The Balaban J connectivity index is 2.31. The summed E-state index contributed by atoms with van der Waals surface area (Å²) in [6.45, 7) is 0. The Morgan fingerprint density at radius 2 is 2.00 bits per heavy atom. The van der Waals surface area contributed by atoms with Crippen molar-refractivity contribution in [1.82, 2.24) is 0 Å². The van der Waals surface area contributed by atoms with Crippen LogP contribution >= 0.6 is 0 Å². The van der Waals surface area contributed by atoms with Crippen molar-refractivity contribution in [2.45, 2.75) is 18.9 Å². The van der Waals surface area contributed by atoms with E-state index in [1.54, 1.807) is 6.08 Å². The molecule has 0 saturated carbocycles. The molecule has 1 unspecified atom stereocenters. The lowest BCUT2D eigenvalue weighted by Crippen LogP contribution is -2.15. The topological polar surface area (TPSA) is 57.5 Å². The maximum absolute atomic E-state index is 10.3. The van der Waals surface area contributed by atoms with Crippen LogP contribution in [0.1, 0.15) is 12.0 Å². The van der Waals surface area contributed by atoms with Crippen LogP contribution in [-0.2, 0) is 11.2 Å². The van der Waals surface area contributed by atoms with Crippen molar-refractivity contribution in [2.75, 3.05) is 0 Å². The molecule has 0 aliphatic rings. The first-order chi connectivity index (χ1) is 7.20. The number of hydrogen-bond donors (Lipinski definition) is 2. The average Bonchev–Trinajstić information content (AvgIpc) is 2.25. The summed E-state index contributed by atoms with van der Waals surface area (Å²) in [5.41, 5.74) is 1.20. The number of aliphatic hydroxyl groups excluding tert-OH is 1. The van der Waals surface area contributed by atoms with Gasteiger partial charge in [-0.15, -0.1) is 0 Å². The van der Waals surface area contributed by atoms with E-state index < -0.39 is 12.1 Å². The molecule has 1 rings (SSSR count). The number of hydrogen-bond acceptors (Lipinski definition) is 2. The number of aryl methyl sites for hydroxylation is 1. The van der Waals surface area contributed by atoms with Gasteiger partial charge in [-0.1, -0.05) is 36.4 Å². The smallest absolute Gasteiger partial charge is 0.336 e. The van der Waals surface area contributed by atoms with Gasteiger partial charge in [0.25, 0.3) is 0 Å². The molecule has 0 radical (unpaired) electrons. The highest BCUT2D eigenvalue weighted by atomic mass is 16.4. The van der Waals surface area contributed by atoms with Crippen molar-refractivity contribution < 1.29 is 15.0 Å². The molecule has 0 aliphatic carbocycles. The second-order valence-corrected chi connectivity index (χ2v) is 3.24. The molecule has 1 aromatic rings. The quantitative estimate of drug-likeness (QED) is 0.720. The number of carbonyl (C=O) groups is 1. The largest absolute Gasteiger partial charge is 0.479 e. The number of carboxylic acid groups (broad SMARTS) is 1. The Morgan fingerprint density at radius 3 is 2.60 bits per heavy atom. The zero-order chi connectivity index (χ0) is 11.1. The third-order valence-corrected chi connectivity index (χ3v) is 2.01. The summed E-state index contributed by atoms with van der Waals surface area (Å²) in [4.78, 5) is 10.3. The minimum atomic E-state index is -1.39. The first kappa shape index (κ1) is 11.5. The highest BCUT2D eigenvalue weighted by molar-refractivity contribution is 5.74. The molecule has 0 spiro atoms. The molecular weight excluding hydrogens is 192 g/mol. The van der Waals surface area contributed by atoms with E-state index in [2.05, 4.69) is 0 Å². The van der Waals surface area contributed by atoms with Gasteiger partial charge in [0.05, 0.1) is 0 Å². The molecule has 0 amide bonds. The van der Waals surface area contributed by atoms with Gasteiger partial charge in [-0.3, -0.25) is 0 Å². The van der Waals surface area contributed by atoms with Gasteiger partial charge in [0.1, 0.15) is 0 Å². The lowest BCUT2D eigenvalue weighted by molar-refractivity contribution is -0.144. The van der Waals surface area contributed by atoms with E-state index in [4.69, 9.17) is 10.2 Å².